The van der Waals surface area contributed by atoms with Gasteiger partial charge in [0.05, 0.1) is 5.69 Å². The van der Waals surface area contributed by atoms with Gasteiger partial charge in [-0.05, 0) is 67.3 Å². The van der Waals surface area contributed by atoms with Crippen LogP contribution in [0.25, 0.3) is 28.0 Å². The van der Waals surface area contributed by atoms with Crippen LogP contribution in [0.15, 0.2) is 55.0 Å². The fourth-order valence-electron chi connectivity index (χ4n) is 4.50. The summed E-state index contributed by atoms with van der Waals surface area (Å²) in [5.74, 6) is -1.68. The maximum Gasteiger partial charge on any atom is 0.159 e. The summed E-state index contributed by atoms with van der Waals surface area (Å²) in [6.07, 6.45) is 11.4. The van der Waals surface area contributed by atoms with Crippen molar-refractivity contribution in [3.05, 3.63) is 72.2 Å². The normalized spacial score (nSPS) is 19.5. The number of hydrogen-bond donors (Lipinski definition) is 1. The summed E-state index contributed by atoms with van der Waals surface area (Å²) in [4.78, 5) is 10.00. The molecular weight excluding hydrogens is 356 g/mol. The molecule has 0 amide bonds. The fourth-order valence-corrected chi connectivity index (χ4v) is 4.50. The second-order valence-electron chi connectivity index (χ2n) is 7.50. The van der Waals surface area contributed by atoms with Gasteiger partial charge in [0, 0.05) is 47.9 Å². The summed E-state index contributed by atoms with van der Waals surface area (Å²) in [7, 11) is 0. The van der Waals surface area contributed by atoms with Gasteiger partial charge in [-0.25, -0.2) is 8.78 Å². The number of rotatable bonds is 3. The quantitative estimate of drug-likeness (QED) is 0.674. The zero-order valence-corrected chi connectivity index (χ0v) is 15.5. The molecule has 0 spiro atoms. The second kappa shape index (κ2) is 6.99. The summed E-state index contributed by atoms with van der Waals surface area (Å²) in [5, 5.41) is 0. The molecule has 5 rings (SSSR count). The number of hydrogen-bond acceptors (Lipinski definition) is 2. The van der Waals surface area contributed by atoms with Crippen LogP contribution in [0.2, 0.25) is 0 Å². The van der Waals surface area contributed by atoms with Crippen molar-refractivity contribution >= 4 is 5.57 Å². The Hall–Kier alpha value is -2.79. The Kier molecular flexibility index (Phi) is 4.32. The minimum absolute atomic E-state index is 0.510. The van der Waals surface area contributed by atoms with Crippen molar-refractivity contribution in [2.75, 3.05) is 13.1 Å². The highest BCUT2D eigenvalue weighted by Crippen LogP contribution is 2.41. The van der Waals surface area contributed by atoms with Gasteiger partial charge >= 0.3 is 0 Å². The van der Waals surface area contributed by atoms with Gasteiger partial charge in [0.15, 0.2) is 11.6 Å². The molecule has 3 aromatic rings. The Bertz CT molecular complexity index is 1040. The molecule has 0 aliphatic carbocycles. The van der Waals surface area contributed by atoms with Gasteiger partial charge in [0.1, 0.15) is 0 Å². The molecule has 0 saturated carbocycles. The Morgan fingerprint density at radius 3 is 2.68 bits per heavy atom. The summed E-state index contributed by atoms with van der Waals surface area (Å²) in [6.45, 7) is 2.25. The molecule has 142 valence electrons. The molecule has 3 nitrogen and oxygen atoms in total. The lowest BCUT2D eigenvalue weighted by atomic mass is 9.90. The molecule has 4 heterocycles. The second-order valence-corrected chi connectivity index (χ2v) is 7.50. The van der Waals surface area contributed by atoms with E-state index in [9.17, 15) is 8.78 Å². The average molecular weight is 377 g/mol. The van der Waals surface area contributed by atoms with Crippen LogP contribution in [0.4, 0.5) is 8.78 Å². The number of benzene rings is 1. The first-order chi connectivity index (χ1) is 13.7. The number of aromatic amines is 1. The zero-order chi connectivity index (χ0) is 19.1. The topological polar surface area (TPSA) is 31.9 Å². The van der Waals surface area contributed by atoms with Crippen molar-refractivity contribution in [1.82, 2.24) is 14.9 Å². The predicted molar refractivity (Wildman–Crippen MR) is 107 cm³/mol. The summed E-state index contributed by atoms with van der Waals surface area (Å²) < 4.78 is 27.3. The van der Waals surface area contributed by atoms with E-state index in [1.165, 1.54) is 37.1 Å². The summed E-state index contributed by atoms with van der Waals surface area (Å²) in [6, 6.07) is 8.48. The van der Waals surface area contributed by atoms with Crippen LogP contribution >= 0.6 is 0 Å². The number of aromatic nitrogens is 2. The third kappa shape index (κ3) is 2.96. The third-order valence-electron chi connectivity index (χ3n) is 5.88. The lowest BCUT2D eigenvalue weighted by molar-refractivity contribution is 0.288. The predicted octanol–water partition coefficient (Wildman–Crippen LogP) is 5.27. The van der Waals surface area contributed by atoms with Crippen LogP contribution in [0.1, 0.15) is 24.8 Å². The highest BCUT2D eigenvalue weighted by Gasteiger charge is 2.28. The van der Waals surface area contributed by atoms with E-state index in [2.05, 4.69) is 20.9 Å². The van der Waals surface area contributed by atoms with Crippen LogP contribution in [0, 0.1) is 11.6 Å². The van der Waals surface area contributed by atoms with E-state index >= 15 is 0 Å². The van der Waals surface area contributed by atoms with Crippen molar-refractivity contribution in [1.29, 1.82) is 0 Å². The van der Waals surface area contributed by atoms with E-state index in [0.29, 0.717) is 11.6 Å². The van der Waals surface area contributed by atoms with Crippen LogP contribution in [-0.2, 0) is 0 Å². The van der Waals surface area contributed by atoms with Crippen molar-refractivity contribution in [2.45, 2.75) is 25.3 Å². The minimum atomic E-state index is -0.840. The zero-order valence-electron chi connectivity index (χ0n) is 15.5. The largest absolute Gasteiger partial charge is 0.360 e. The molecule has 1 atom stereocenters. The molecule has 2 aliphatic heterocycles. The van der Waals surface area contributed by atoms with E-state index in [1.807, 2.05) is 18.3 Å². The van der Waals surface area contributed by atoms with Crippen LogP contribution < -0.4 is 0 Å². The Labute approximate surface area is 162 Å². The van der Waals surface area contributed by atoms with Gasteiger partial charge in [-0.3, -0.25) is 9.88 Å². The van der Waals surface area contributed by atoms with Crippen LogP contribution in [0.3, 0.4) is 0 Å². The average Bonchev–Trinajstić information content (AvgIpc) is 3.37. The fraction of sp³-hybridized carbons (Fsp3) is 0.261. The smallest absolute Gasteiger partial charge is 0.159 e. The Morgan fingerprint density at radius 2 is 1.86 bits per heavy atom. The minimum Gasteiger partial charge on any atom is -0.360 e. The van der Waals surface area contributed by atoms with Crippen LogP contribution in [0.5, 0.6) is 0 Å². The molecule has 5 heteroatoms. The molecule has 2 aromatic heterocycles. The van der Waals surface area contributed by atoms with E-state index in [-0.39, 0.29) is 0 Å². The molecule has 0 radical (unpaired) electrons. The highest BCUT2D eigenvalue weighted by atomic mass is 19.2. The maximum absolute atomic E-state index is 13.9. The first-order valence-corrected chi connectivity index (χ1v) is 9.73. The number of halogens is 2. The van der Waals surface area contributed by atoms with Gasteiger partial charge in [0.25, 0.3) is 0 Å². The number of pyridine rings is 1. The molecule has 1 aromatic carbocycles. The number of H-pyrrole nitrogens is 1. The lowest BCUT2D eigenvalue weighted by Crippen LogP contribution is -2.32. The van der Waals surface area contributed by atoms with E-state index in [4.69, 9.17) is 0 Å². The Balaban J connectivity index is 1.66. The van der Waals surface area contributed by atoms with E-state index in [0.717, 1.165) is 35.3 Å². The summed E-state index contributed by atoms with van der Waals surface area (Å²) >= 11 is 0. The Morgan fingerprint density at radius 1 is 1.00 bits per heavy atom. The van der Waals surface area contributed by atoms with Crippen molar-refractivity contribution in [2.24, 2.45) is 0 Å². The molecule has 28 heavy (non-hydrogen) atoms. The first kappa shape index (κ1) is 17.3. The van der Waals surface area contributed by atoms with Gasteiger partial charge in [-0.2, -0.15) is 0 Å². The number of nitrogens with zero attached hydrogens (tertiary/aromatic N) is 2. The standard InChI is InChI=1S/C23H21F2N3/c24-20-4-3-17(13-21(20)25)23-22(15-5-8-26-9-6-15)19(14-27-23)16-7-11-28-10-1-2-18(28)12-16/h3-6,8-9,12-14,18,27H,1-2,7,10-11H2. The maximum atomic E-state index is 13.9. The molecule has 1 saturated heterocycles. The molecular formula is C23H21F2N3. The molecule has 1 N–H and O–H groups in total. The number of nitrogens with one attached hydrogen (secondary N) is 1. The van der Waals surface area contributed by atoms with Crippen molar-refractivity contribution < 1.29 is 8.78 Å². The molecule has 0 bridgehead atoms. The number of fused-ring (bicyclic) bond motifs is 1. The molecule has 1 fully saturated rings. The van der Waals surface area contributed by atoms with E-state index < -0.39 is 11.6 Å². The SMILES string of the molecule is Fc1ccc(-c2[nH]cc(C3=CC4CCCN4CC3)c2-c2ccncc2)cc1F. The van der Waals surface area contributed by atoms with E-state index in [1.54, 1.807) is 18.5 Å². The third-order valence-corrected chi connectivity index (χ3v) is 5.88. The summed E-state index contributed by atoms with van der Waals surface area (Å²) in [5.41, 5.74) is 5.93. The van der Waals surface area contributed by atoms with Gasteiger partial charge in [0.2, 0.25) is 0 Å². The van der Waals surface area contributed by atoms with Crippen molar-refractivity contribution in [3.8, 4) is 22.4 Å². The highest BCUT2D eigenvalue weighted by molar-refractivity contribution is 5.91. The van der Waals surface area contributed by atoms with Gasteiger partial charge in [-0.1, -0.05) is 6.08 Å². The van der Waals surface area contributed by atoms with Gasteiger partial charge in [-0.15, -0.1) is 0 Å². The molecule has 1 unspecified atom stereocenters. The van der Waals surface area contributed by atoms with Crippen molar-refractivity contribution in [3.63, 3.8) is 0 Å². The lowest BCUT2D eigenvalue weighted by Gasteiger charge is -2.28. The van der Waals surface area contributed by atoms with Crippen LogP contribution in [-0.4, -0.2) is 34.0 Å². The molecule has 2 aliphatic rings. The first-order valence-electron chi connectivity index (χ1n) is 9.73. The monoisotopic (exact) mass is 377 g/mol. The van der Waals surface area contributed by atoms with Gasteiger partial charge < -0.3 is 4.98 Å².